The molecule has 1 aliphatic heterocycles. The predicted octanol–water partition coefficient (Wildman–Crippen LogP) is 3.40. The van der Waals surface area contributed by atoms with Gasteiger partial charge in [0.2, 0.25) is 0 Å². The lowest BCUT2D eigenvalue weighted by atomic mass is 9.89. The van der Waals surface area contributed by atoms with Crippen LogP contribution in [0.1, 0.15) is 54.9 Å². The minimum absolute atomic E-state index is 0.0472. The SMILES string of the molecule is Cc1nn(CC(C)C)c2sc(C(=O)NC3CCC(N4CCN(C(=O)N(C)C)CC4)CC3)cc12. The van der Waals surface area contributed by atoms with Gasteiger partial charge >= 0.3 is 6.03 Å². The van der Waals surface area contributed by atoms with E-state index in [1.807, 2.05) is 36.7 Å². The molecule has 2 aliphatic rings. The number of fused-ring (bicyclic) bond motifs is 1. The molecule has 0 radical (unpaired) electrons. The van der Waals surface area contributed by atoms with Gasteiger partial charge in [-0.05, 0) is 44.6 Å². The Balaban J connectivity index is 1.28. The van der Waals surface area contributed by atoms with Crippen molar-refractivity contribution >= 4 is 33.5 Å². The smallest absolute Gasteiger partial charge is 0.319 e. The summed E-state index contributed by atoms with van der Waals surface area (Å²) in [4.78, 5) is 33.1. The molecule has 0 aromatic carbocycles. The molecule has 9 heteroatoms. The van der Waals surface area contributed by atoms with Crippen LogP contribution in [0, 0.1) is 12.8 Å². The Hall–Kier alpha value is -2.13. The van der Waals surface area contributed by atoms with Gasteiger partial charge in [0.15, 0.2) is 0 Å². The number of nitrogens with one attached hydrogen (secondary N) is 1. The van der Waals surface area contributed by atoms with Gasteiger partial charge in [-0.15, -0.1) is 11.3 Å². The number of nitrogens with zero attached hydrogens (tertiary/aromatic N) is 5. The lowest BCUT2D eigenvalue weighted by molar-refractivity contribution is 0.0752. The highest BCUT2D eigenvalue weighted by atomic mass is 32.1. The number of amides is 3. The van der Waals surface area contributed by atoms with Gasteiger partial charge in [0, 0.05) is 64.3 Å². The van der Waals surface area contributed by atoms with Gasteiger partial charge in [-0.25, -0.2) is 4.79 Å². The number of carbonyl (C=O) groups excluding carboxylic acids is 2. The third kappa shape index (κ3) is 5.35. The molecule has 2 aromatic rings. The first-order valence-corrected chi connectivity index (χ1v) is 13.0. The third-order valence-corrected chi connectivity index (χ3v) is 8.03. The molecule has 1 saturated heterocycles. The number of aryl methyl sites for hydroxylation is 1. The normalized spacial score (nSPS) is 22.2. The Morgan fingerprint density at radius 3 is 2.42 bits per heavy atom. The van der Waals surface area contributed by atoms with E-state index >= 15 is 0 Å². The topological polar surface area (TPSA) is 73.7 Å². The summed E-state index contributed by atoms with van der Waals surface area (Å²) in [6.45, 7) is 10.7. The lowest BCUT2D eigenvalue weighted by Crippen LogP contribution is -2.55. The van der Waals surface area contributed by atoms with Crippen LogP contribution in [0.2, 0.25) is 0 Å². The van der Waals surface area contributed by atoms with Crippen molar-refractivity contribution in [3.63, 3.8) is 0 Å². The number of rotatable bonds is 5. The Morgan fingerprint density at radius 2 is 1.82 bits per heavy atom. The summed E-state index contributed by atoms with van der Waals surface area (Å²) >= 11 is 1.56. The van der Waals surface area contributed by atoms with Crippen molar-refractivity contribution in [2.24, 2.45) is 5.92 Å². The summed E-state index contributed by atoms with van der Waals surface area (Å²) in [6.07, 6.45) is 4.22. The van der Waals surface area contributed by atoms with Crippen molar-refractivity contribution in [2.75, 3.05) is 40.3 Å². The summed E-state index contributed by atoms with van der Waals surface area (Å²) in [5, 5.41) is 9.04. The summed E-state index contributed by atoms with van der Waals surface area (Å²) in [7, 11) is 3.62. The number of thiophene rings is 1. The van der Waals surface area contributed by atoms with Gasteiger partial charge < -0.3 is 15.1 Å². The Kier molecular flexibility index (Phi) is 7.28. The van der Waals surface area contributed by atoms with Gasteiger partial charge in [0.25, 0.3) is 5.91 Å². The molecule has 3 amide bonds. The van der Waals surface area contributed by atoms with Gasteiger partial charge in [0.05, 0.1) is 10.6 Å². The first-order chi connectivity index (χ1) is 15.7. The highest BCUT2D eigenvalue weighted by Crippen LogP contribution is 2.30. The fourth-order valence-electron chi connectivity index (χ4n) is 5.10. The zero-order chi connectivity index (χ0) is 23.7. The standard InChI is InChI=1S/C24H38N6O2S/c1-16(2)15-30-23-20(17(3)26-30)14-21(33-23)22(31)25-18-6-8-19(9-7-18)28-10-12-29(13-11-28)24(32)27(4)5/h14,16,18-19H,6-13,15H2,1-5H3,(H,25,31). The average molecular weight is 475 g/mol. The predicted molar refractivity (Wildman–Crippen MR) is 133 cm³/mol. The molecule has 1 saturated carbocycles. The monoisotopic (exact) mass is 474 g/mol. The number of carbonyl (C=O) groups is 2. The van der Waals surface area contributed by atoms with Crippen molar-refractivity contribution in [3.05, 3.63) is 16.6 Å². The molecule has 4 rings (SSSR count). The molecule has 2 aromatic heterocycles. The first kappa shape index (κ1) is 24.0. The van der Waals surface area contributed by atoms with Crippen molar-refractivity contribution in [2.45, 2.75) is 65.1 Å². The quantitative estimate of drug-likeness (QED) is 0.721. The van der Waals surface area contributed by atoms with Gasteiger partial charge in [-0.2, -0.15) is 5.10 Å². The third-order valence-electron chi connectivity index (χ3n) is 6.88. The Labute approximate surface area is 200 Å². The molecule has 1 aliphatic carbocycles. The average Bonchev–Trinajstić information content (AvgIpc) is 3.35. The number of aromatic nitrogens is 2. The van der Waals surface area contributed by atoms with E-state index < -0.39 is 0 Å². The highest BCUT2D eigenvalue weighted by molar-refractivity contribution is 7.20. The van der Waals surface area contributed by atoms with Crippen LogP contribution in [0.4, 0.5) is 4.79 Å². The highest BCUT2D eigenvalue weighted by Gasteiger charge is 2.30. The molecular weight excluding hydrogens is 436 g/mol. The number of hydrogen-bond donors (Lipinski definition) is 1. The van der Waals surface area contributed by atoms with Gasteiger partial charge in [-0.1, -0.05) is 13.8 Å². The summed E-state index contributed by atoms with van der Waals surface area (Å²) in [5.41, 5.74) is 0.994. The number of piperazine rings is 1. The van der Waals surface area contributed by atoms with E-state index in [0.717, 1.165) is 79.2 Å². The van der Waals surface area contributed by atoms with Crippen LogP contribution >= 0.6 is 11.3 Å². The molecule has 0 spiro atoms. The second-order valence-corrected chi connectivity index (χ2v) is 11.2. The van der Waals surface area contributed by atoms with E-state index in [2.05, 4.69) is 29.2 Å². The maximum Gasteiger partial charge on any atom is 0.319 e. The molecule has 1 N–H and O–H groups in total. The van der Waals surface area contributed by atoms with Crippen LogP contribution in [-0.4, -0.2) is 88.8 Å². The van der Waals surface area contributed by atoms with Crippen LogP contribution in [-0.2, 0) is 6.54 Å². The maximum atomic E-state index is 13.0. The van der Waals surface area contributed by atoms with Crippen LogP contribution in [0.25, 0.3) is 10.2 Å². The van der Waals surface area contributed by atoms with Crippen LogP contribution in [0.5, 0.6) is 0 Å². The van der Waals surface area contributed by atoms with E-state index in [-0.39, 0.29) is 18.0 Å². The van der Waals surface area contributed by atoms with Gasteiger partial charge in [0.1, 0.15) is 4.83 Å². The van der Waals surface area contributed by atoms with Crippen molar-refractivity contribution in [3.8, 4) is 0 Å². The van der Waals surface area contributed by atoms with E-state index in [1.54, 1.807) is 16.2 Å². The molecule has 2 fully saturated rings. The molecular formula is C24H38N6O2S. The number of urea groups is 1. The van der Waals surface area contributed by atoms with E-state index in [9.17, 15) is 9.59 Å². The minimum Gasteiger partial charge on any atom is -0.349 e. The first-order valence-electron chi connectivity index (χ1n) is 12.2. The number of hydrogen-bond acceptors (Lipinski definition) is 5. The molecule has 182 valence electrons. The minimum atomic E-state index is 0.0472. The molecule has 33 heavy (non-hydrogen) atoms. The molecule has 0 atom stereocenters. The summed E-state index contributed by atoms with van der Waals surface area (Å²) in [6, 6.07) is 2.91. The van der Waals surface area contributed by atoms with E-state index in [1.165, 1.54) is 0 Å². The summed E-state index contributed by atoms with van der Waals surface area (Å²) in [5.74, 6) is 0.560. The van der Waals surface area contributed by atoms with E-state index in [4.69, 9.17) is 0 Å². The molecule has 0 bridgehead atoms. The lowest BCUT2D eigenvalue weighted by Gasteiger charge is -2.42. The summed E-state index contributed by atoms with van der Waals surface area (Å²) < 4.78 is 2.05. The maximum absolute atomic E-state index is 13.0. The zero-order valence-corrected chi connectivity index (χ0v) is 21.5. The van der Waals surface area contributed by atoms with E-state index in [0.29, 0.717) is 12.0 Å². The zero-order valence-electron chi connectivity index (χ0n) is 20.6. The Bertz CT molecular complexity index is 981. The van der Waals surface area contributed by atoms with Crippen molar-refractivity contribution in [1.29, 1.82) is 0 Å². The van der Waals surface area contributed by atoms with Crippen LogP contribution in [0.3, 0.4) is 0 Å². The Morgan fingerprint density at radius 1 is 1.15 bits per heavy atom. The molecule has 0 unspecified atom stereocenters. The second kappa shape index (κ2) is 10.0. The van der Waals surface area contributed by atoms with Crippen molar-refractivity contribution < 1.29 is 9.59 Å². The fraction of sp³-hybridized carbons (Fsp3) is 0.708. The molecule has 3 heterocycles. The van der Waals surface area contributed by atoms with Crippen molar-refractivity contribution in [1.82, 2.24) is 29.8 Å². The van der Waals surface area contributed by atoms with Gasteiger partial charge in [-0.3, -0.25) is 14.4 Å². The second-order valence-electron chi connectivity index (χ2n) is 10.2. The fourth-order valence-corrected chi connectivity index (χ4v) is 6.17. The van der Waals surface area contributed by atoms with Crippen LogP contribution < -0.4 is 5.32 Å². The molecule has 8 nitrogen and oxygen atoms in total. The van der Waals surface area contributed by atoms with Crippen LogP contribution in [0.15, 0.2) is 6.07 Å². The largest absolute Gasteiger partial charge is 0.349 e.